The van der Waals surface area contributed by atoms with Gasteiger partial charge in [-0.3, -0.25) is 0 Å². The fraction of sp³-hybridized carbons (Fsp3) is 0.158. The Morgan fingerprint density at radius 2 is 1.70 bits per heavy atom. The molecular formula is C19H16BrFOS. The molecule has 0 N–H and O–H groups in total. The molecule has 0 saturated heterocycles. The van der Waals surface area contributed by atoms with Crippen LogP contribution in [0.15, 0.2) is 60.7 Å². The van der Waals surface area contributed by atoms with E-state index in [2.05, 4.69) is 40.2 Å². The van der Waals surface area contributed by atoms with Gasteiger partial charge in [-0.05, 0) is 66.6 Å². The van der Waals surface area contributed by atoms with E-state index in [0.717, 1.165) is 11.3 Å². The molecule has 0 aliphatic rings. The third kappa shape index (κ3) is 3.82. The number of alkyl halides is 1. The Bertz CT molecular complexity index is 765. The topological polar surface area (TPSA) is 9.23 Å². The highest BCUT2D eigenvalue weighted by molar-refractivity contribution is 9.09. The third-order valence-corrected chi connectivity index (χ3v) is 6.01. The molecule has 0 amide bonds. The molecule has 3 aromatic rings. The summed E-state index contributed by atoms with van der Waals surface area (Å²) < 4.78 is 18.5. The van der Waals surface area contributed by atoms with Crippen molar-refractivity contribution in [1.29, 1.82) is 0 Å². The maximum absolute atomic E-state index is 13.0. The van der Waals surface area contributed by atoms with Crippen LogP contribution in [0.4, 0.5) is 4.39 Å². The van der Waals surface area contributed by atoms with E-state index < -0.39 is 0 Å². The predicted octanol–water partition coefficient (Wildman–Crippen LogP) is 6.44. The number of hydrogen-bond donors (Lipinski definition) is 0. The van der Waals surface area contributed by atoms with Crippen molar-refractivity contribution in [3.05, 3.63) is 76.9 Å². The second kappa shape index (κ2) is 7.28. The number of ether oxygens (including phenoxy) is 1. The molecule has 0 bridgehead atoms. The Labute approximate surface area is 147 Å². The second-order valence-electron chi connectivity index (χ2n) is 5.07. The first-order valence-corrected chi connectivity index (χ1v) is 9.13. The van der Waals surface area contributed by atoms with Gasteiger partial charge in [0, 0.05) is 9.75 Å². The minimum Gasteiger partial charge on any atom is -0.494 e. The fourth-order valence-corrected chi connectivity index (χ4v) is 4.08. The highest BCUT2D eigenvalue weighted by Crippen LogP contribution is 2.38. The number of halogens is 2. The van der Waals surface area contributed by atoms with Crippen LogP contribution in [0.5, 0.6) is 5.75 Å². The SMILES string of the molecule is CCOc1ccc(-c2ccc(C(Br)c3ccc(F)cc3)s2)cc1. The van der Waals surface area contributed by atoms with Crippen molar-refractivity contribution in [1.82, 2.24) is 0 Å². The van der Waals surface area contributed by atoms with Crippen molar-refractivity contribution in [2.45, 2.75) is 11.8 Å². The zero-order chi connectivity index (χ0) is 16.2. The summed E-state index contributed by atoms with van der Waals surface area (Å²) in [5.74, 6) is 0.674. The van der Waals surface area contributed by atoms with Crippen LogP contribution in [0.1, 0.15) is 22.2 Å². The molecule has 1 aromatic heterocycles. The normalized spacial score (nSPS) is 12.1. The maximum Gasteiger partial charge on any atom is 0.123 e. The van der Waals surface area contributed by atoms with Gasteiger partial charge < -0.3 is 4.74 Å². The van der Waals surface area contributed by atoms with Gasteiger partial charge in [-0.15, -0.1) is 11.3 Å². The zero-order valence-corrected chi connectivity index (χ0v) is 15.0. The summed E-state index contributed by atoms with van der Waals surface area (Å²) in [5, 5.41) is 0. The van der Waals surface area contributed by atoms with Gasteiger partial charge in [0.25, 0.3) is 0 Å². The standard InChI is InChI=1S/C19H16BrFOS/c1-2-22-16-9-5-13(6-10-16)17-11-12-18(23-17)19(20)14-3-7-15(21)8-4-14/h3-12,19H,2H2,1H3. The third-order valence-electron chi connectivity index (χ3n) is 3.49. The molecule has 1 nitrogen and oxygen atoms in total. The molecule has 4 heteroatoms. The molecule has 3 rings (SSSR count). The Morgan fingerprint density at radius 3 is 2.35 bits per heavy atom. The lowest BCUT2D eigenvalue weighted by Gasteiger charge is -2.07. The summed E-state index contributed by atoms with van der Waals surface area (Å²) in [5.41, 5.74) is 2.22. The van der Waals surface area contributed by atoms with Gasteiger partial charge in [0.15, 0.2) is 0 Å². The van der Waals surface area contributed by atoms with Gasteiger partial charge in [0.05, 0.1) is 11.4 Å². The molecular weight excluding hydrogens is 375 g/mol. The molecule has 23 heavy (non-hydrogen) atoms. The fourth-order valence-electron chi connectivity index (χ4n) is 2.32. The molecule has 0 saturated carbocycles. The van der Waals surface area contributed by atoms with E-state index in [1.165, 1.54) is 27.5 Å². The molecule has 0 radical (unpaired) electrons. The van der Waals surface area contributed by atoms with Crippen LogP contribution in [-0.4, -0.2) is 6.61 Å². The van der Waals surface area contributed by atoms with E-state index in [4.69, 9.17) is 4.74 Å². The average Bonchev–Trinajstić information content (AvgIpc) is 3.06. The van der Waals surface area contributed by atoms with Gasteiger partial charge >= 0.3 is 0 Å². The first-order chi connectivity index (χ1) is 11.2. The average molecular weight is 391 g/mol. The number of benzene rings is 2. The van der Waals surface area contributed by atoms with Crippen LogP contribution in [0.3, 0.4) is 0 Å². The number of thiophene rings is 1. The van der Waals surface area contributed by atoms with E-state index in [-0.39, 0.29) is 10.6 Å². The molecule has 0 aliphatic carbocycles. The van der Waals surface area contributed by atoms with E-state index in [1.54, 1.807) is 11.3 Å². The van der Waals surface area contributed by atoms with Gasteiger partial charge in [0.1, 0.15) is 11.6 Å². The molecule has 118 valence electrons. The maximum atomic E-state index is 13.0. The largest absolute Gasteiger partial charge is 0.494 e. The summed E-state index contributed by atoms with van der Waals surface area (Å²) in [6.07, 6.45) is 0. The quantitative estimate of drug-likeness (QED) is 0.455. The van der Waals surface area contributed by atoms with E-state index in [1.807, 2.05) is 31.2 Å². The molecule has 1 atom stereocenters. The lowest BCUT2D eigenvalue weighted by atomic mass is 10.1. The highest BCUT2D eigenvalue weighted by atomic mass is 79.9. The molecule has 0 fully saturated rings. The van der Waals surface area contributed by atoms with Crippen LogP contribution >= 0.6 is 27.3 Å². The summed E-state index contributed by atoms with van der Waals surface area (Å²) in [6.45, 7) is 2.65. The van der Waals surface area contributed by atoms with Crippen molar-refractivity contribution in [3.63, 3.8) is 0 Å². The van der Waals surface area contributed by atoms with Gasteiger partial charge in [0.2, 0.25) is 0 Å². The molecule has 1 unspecified atom stereocenters. The lowest BCUT2D eigenvalue weighted by molar-refractivity contribution is 0.340. The number of hydrogen-bond acceptors (Lipinski definition) is 2. The van der Waals surface area contributed by atoms with Crippen LogP contribution in [0.25, 0.3) is 10.4 Å². The second-order valence-corrected chi connectivity index (χ2v) is 7.10. The predicted molar refractivity (Wildman–Crippen MR) is 98.1 cm³/mol. The van der Waals surface area contributed by atoms with Crippen molar-refractivity contribution < 1.29 is 9.13 Å². The van der Waals surface area contributed by atoms with E-state index in [0.29, 0.717) is 6.61 Å². The summed E-state index contributed by atoms with van der Waals surface area (Å²) in [4.78, 5) is 2.47. The smallest absolute Gasteiger partial charge is 0.123 e. The summed E-state index contributed by atoms with van der Waals surface area (Å²) in [7, 11) is 0. The summed E-state index contributed by atoms with van der Waals surface area (Å²) in [6, 6.07) is 19.0. The monoisotopic (exact) mass is 390 g/mol. The number of rotatable bonds is 5. The minimum atomic E-state index is -0.213. The van der Waals surface area contributed by atoms with E-state index >= 15 is 0 Å². The molecule has 1 heterocycles. The van der Waals surface area contributed by atoms with Crippen molar-refractivity contribution in [2.75, 3.05) is 6.61 Å². The van der Waals surface area contributed by atoms with Crippen LogP contribution in [-0.2, 0) is 0 Å². The van der Waals surface area contributed by atoms with Crippen LogP contribution in [0, 0.1) is 5.82 Å². The Balaban J connectivity index is 1.80. The van der Waals surface area contributed by atoms with Gasteiger partial charge in [-0.1, -0.05) is 28.1 Å². The van der Waals surface area contributed by atoms with Crippen LogP contribution in [0.2, 0.25) is 0 Å². The minimum absolute atomic E-state index is 0.0737. The lowest BCUT2D eigenvalue weighted by Crippen LogP contribution is -1.90. The van der Waals surface area contributed by atoms with Crippen LogP contribution < -0.4 is 4.74 Å². The zero-order valence-electron chi connectivity index (χ0n) is 12.6. The Morgan fingerprint density at radius 1 is 1.00 bits per heavy atom. The van der Waals surface area contributed by atoms with Crippen molar-refractivity contribution >= 4 is 27.3 Å². The van der Waals surface area contributed by atoms with Crippen molar-refractivity contribution in [2.24, 2.45) is 0 Å². The highest BCUT2D eigenvalue weighted by Gasteiger charge is 2.13. The molecule has 0 aliphatic heterocycles. The Hall–Kier alpha value is -1.65. The molecule has 2 aromatic carbocycles. The van der Waals surface area contributed by atoms with E-state index in [9.17, 15) is 4.39 Å². The van der Waals surface area contributed by atoms with Gasteiger partial charge in [-0.25, -0.2) is 4.39 Å². The van der Waals surface area contributed by atoms with Crippen molar-refractivity contribution in [3.8, 4) is 16.2 Å². The first kappa shape index (κ1) is 16.2. The molecule has 0 spiro atoms. The Kier molecular flexibility index (Phi) is 5.13. The summed E-state index contributed by atoms with van der Waals surface area (Å²) >= 11 is 5.44. The van der Waals surface area contributed by atoms with Gasteiger partial charge in [-0.2, -0.15) is 0 Å². The first-order valence-electron chi connectivity index (χ1n) is 7.40.